The van der Waals surface area contributed by atoms with E-state index in [1.807, 2.05) is 0 Å². The Labute approximate surface area is 57.8 Å². The largest absolute Gasteiger partial charge is 0.365 e. The lowest BCUT2D eigenvalue weighted by Crippen LogP contribution is -2.24. The van der Waals surface area contributed by atoms with Crippen molar-refractivity contribution in [1.29, 1.82) is 0 Å². The van der Waals surface area contributed by atoms with Crippen molar-refractivity contribution in [1.82, 2.24) is 0 Å². The molecule has 9 heavy (non-hydrogen) atoms. The van der Waals surface area contributed by atoms with Gasteiger partial charge in [-0.1, -0.05) is 0 Å². The van der Waals surface area contributed by atoms with Gasteiger partial charge < -0.3 is 5.73 Å². The fraction of sp³-hybridized carbons (Fsp3) is 0.600. The summed E-state index contributed by atoms with van der Waals surface area (Å²) in [4.78, 5) is 10.4. The Bertz CT molecular complexity index is 155. The Morgan fingerprint density at radius 2 is 2.56 bits per heavy atom. The Hall–Kier alpha value is -0.510. The molecule has 0 radical (unpaired) electrons. The number of nitrogens with zero attached hydrogens (tertiary/aromatic N) is 1. The third-order valence-corrected chi connectivity index (χ3v) is 1.93. The van der Waals surface area contributed by atoms with Crippen molar-refractivity contribution in [3.63, 3.8) is 0 Å². The molecule has 1 heterocycles. The lowest BCUT2D eigenvalue weighted by Gasteiger charge is -2.05. The maximum absolute atomic E-state index is 10.4. The van der Waals surface area contributed by atoms with Crippen LogP contribution in [0.2, 0.25) is 0 Å². The lowest BCUT2D eigenvalue weighted by molar-refractivity contribution is -0.112. The van der Waals surface area contributed by atoms with E-state index in [4.69, 9.17) is 5.73 Å². The Kier molecular flexibility index (Phi) is 2.10. The molecule has 1 aliphatic heterocycles. The average molecular weight is 144 g/mol. The minimum Gasteiger partial charge on any atom is -0.365 e. The fourth-order valence-corrected chi connectivity index (χ4v) is 1.34. The number of rotatable bonds is 1. The van der Waals surface area contributed by atoms with E-state index < -0.39 is 0 Å². The summed E-state index contributed by atoms with van der Waals surface area (Å²) in [5.74, 6) is 0.638. The van der Waals surface area contributed by atoms with Gasteiger partial charge in [0.15, 0.2) is 0 Å². The monoisotopic (exact) mass is 144 g/mol. The van der Waals surface area contributed by atoms with Crippen molar-refractivity contribution in [2.75, 3.05) is 5.75 Å². The second-order valence-corrected chi connectivity index (χ2v) is 2.69. The molecule has 1 aliphatic rings. The molecule has 0 atom stereocenters. The van der Waals surface area contributed by atoms with Crippen molar-refractivity contribution in [3.05, 3.63) is 0 Å². The highest BCUT2D eigenvalue weighted by atomic mass is 32.2. The predicted molar refractivity (Wildman–Crippen MR) is 38.3 cm³/mol. The first kappa shape index (κ1) is 6.61. The van der Waals surface area contributed by atoms with Crippen LogP contribution in [-0.2, 0) is 4.79 Å². The van der Waals surface area contributed by atoms with Crippen LogP contribution < -0.4 is 5.73 Å². The summed E-state index contributed by atoms with van der Waals surface area (Å²) in [5, 5.41) is 0. The SMILES string of the molecule is NC(=O)C1=NSCCC1. The number of hydrogen-bond acceptors (Lipinski definition) is 3. The predicted octanol–water partition coefficient (Wildman–Crippen LogP) is 0.355. The van der Waals surface area contributed by atoms with E-state index in [0.717, 1.165) is 18.6 Å². The van der Waals surface area contributed by atoms with Crippen LogP contribution in [0.5, 0.6) is 0 Å². The zero-order valence-corrected chi connectivity index (χ0v) is 5.78. The first-order chi connectivity index (χ1) is 4.30. The topological polar surface area (TPSA) is 55.5 Å². The van der Waals surface area contributed by atoms with E-state index in [1.54, 1.807) is 0 Å². The van der Waals surface area contributed by atoms with Crippen LogP contribution in [0, 0.1) is 0 Å². The van der Waals surface area contributed by atoms with Crippen molar-refractivity contribution in [3.8, 4) is 0 Å². The zero-order chi connectivity index (χ0) is 6.69. The molecule has 0 unspecified atom stereocenters. The van der Waals surface area contributed by atoms with Gasteiger partial charge in [-0.3, -0.25) is 4.79 Å². The van der Waals surface area contributed by atoms with Crippen LogP contribution >= 0.6 is 11.9 Å². The van der Waals surface area contributed by atoms with Crippen LogP contribution in [0.3, 0.4) is 0 Å². The van der Waals surface area contributed by atoms with Gasteiger partial charge in [0.05, 0.1) is 0 Å². The number of nitrogens with two attached hydrogens (primary N) is 1. The third kappa shape index (κ3) is 1.71. The van der Waals surface area contributed by atoms with Gasteiger partial charge in [-0.2, -0.15) is 0 Å². The number of carbonyl (C=O) groups is 1. The van der Waals surface area contributed by atoms with E-state index in [2.05, 4.69) is 4.40 Å². The van der Waals surface area contributed by atoms with Gasteiger partial charge in [0, 0.05) is 5.75 Å². The average Bonchev–Trinajstić information content (AvgIpc) is 1.90. The van der Waals surface area contributed by atoms with Crippen molar-refractivity contribution >= 4 is 23.6 Å². The minimum atomic E-state index is -0.373. The quantitative estimate of drug-likeness (QED) is 0.540. The molecule has 2 N–H and O–H groups in total. The van der Waals surface area contributed by atoms with Crippen LogP contribution in [-0.4, -0.2) is 17.4 Å². The number of carbonyl (C=O) groups excluding carboxylic acids is 1. The van der Waals surface area contributed by atoms with Crippen LogP contribution in [0.25, 0.3) is 0 Å². The van der Waals surface area contributed by atoms with Gasteiger partial charge in [0.25, 0.3) is 5.91 Å². The fourth-order valence-electron chi connectivity index (χ4n) is 0.642. The van der Waals surface area contributed by atoms with E-state index in [9.17, 15) is 4.79 Å². The normalized spacial score (nSPS) is 18.9. The zero-order valence-electron chi connectivity index (χ0n) is 4.96. The summed E-state index contributed by atoms with van der Waals surface area (Å²) in [6, 6.07) is 0. The Morgan fingerprint density at radius 1 is 1.78 bits per heavy atom. The number of hydrogen-bond donors (Lipinski definition) is 1. The molecular weight excluding hydrogens is 136 g/mol. The molecule has 0 saturated carbocycles. The number of amides is 1. The van der Waals surface area contributed by atoms with Crippen LogP contribution in [0.4, 0.5) is 0 Å². The minimum absolute atomic E-state index is 0.373. The van der Waals surface area contributed by atoms with Crippen molar-refractivity contribution in [2.24, 2.45) is 10.1 Å². The molecule has 0 aromatic rings. The summed E-state index contributed by atoms with van der Waals surface area (Å²) in [6.45, 7) is 0. The third-order valence-electron chi connectivity index (χ3n) is 1.11. The maximum atomic E-state index is 10.4. The molecule has 0 spiro atoms. The first-order valence-electron chi connectivity index (χ1n) is 2.79. The summed E-state index contributed by atoms with van der Waals surface area (Å²) in [7, 11) is 0. The highest BCUT2D eigenvalue weighted by molar-refractivity contribution is 7.98. The van der Waals surface area contributed by atoms with Crippen molar-refractivity contribution < 1.29 is 4.79 Å². The van der Waals surface area contributed by atoms with Gasteiger partial charge in [0.1, 0.15) is 5.71 Å². The summed E-state index contributed by atoms with van der Waals surface area (Å²) in [5.41, 5.74) is 5.52. The second kappa shape index (κ2) is 2.87. The molecule has 0 aliphatic carbocycles. The van der Waals surface area contributed by atoms with Crippen LogP contribution in [0.15, 0.2) is 4.40 Å². The van der Waals surface area contributed by atoms with Crippen molar-refractivity contribution in [2.45, 2.75) is 12.8 Å². The van der Waals surface area contributed by atoms with Gasteiger partial charge in [-0.25, -0.2) is 4.40 Å². The van der Waals surface area contributed by atoms with E-state index in [0.29, 0.717) is 5.71 Å². The van der Waals surface area contributed by atoms with E-state index >= 15 is 0 Å². The molecular formula is C5H8N2OS. The summed E-state index contributed by atoms with van der Waals surface area (Å²) in [6.07, 6.45) is 1.77. The highest BCUT2D eigenvalue weighted by Crippen LogP contribution is 2.14. The first-order valence-corrected chi connectivity index (χ1v) is 3.73. The molecule has 50 valence electrons. The molecule has 3 nitrogen and oxygen atoms in total. The smallest absolute Gasteiger partial charge is 0.263 e. The summed E-state index contributed by atoms with van der Waals surface area (Å²) < 4.78 is 3.89. The van der Waals surface area contributed by atoms with Crippen LogP contribution in [0.1, 0.15) is 12.8 Å². The molecule has 0 aromatic heterocycles. The molecule has 0 fully saturated rings. The van der Waals surface area contributed by atoms with E-state index in [1.165, 1.54) is 11.9 Å². The van der Waals surface area contributed by atoms with Gasteiger partial charge >= 0.3 is 0 Å². The summed E-state index contributed by atoms with van der Waals surface area (Å²) >= 11 is 1.42. The van der Waals surface area contributed by atoms with Gasteiger partial charge in [0.2, 0.25) is 0 Å². The Morgan fingerprint density at radius 3 is 2.89 bits per heavy atom. The molecule has 4 heteroatoms. The molecule has 0 aromatic carbocycles. The lowest BCUT2D eigenvalue weighted by atomic mass is 10.2. The highest BCUT2D eigenvalue weighted by Gasteiger charge is 2.09. The maximum Gasteiger partial charge on any atom is 0.263 e. The molecule has 0 bridgehead atoms. The molecule has 1 amide bonds. The Balaban J connectivity index is 2.57. The number of primary amides is 1. The van der Waals surface area contributed by atoms with Gasteiger partial charge in [-0.15, -0.1) is 0 Å². The van der Waals surface area contributed by atoms with E-state index in [-0.39, 0.29) is 5.91 Å². The van der Waals surface area contributed by atoms with Gasteiger partial charge in [-0.05, 0) is 24.8 Å². The second-order valence-electron chi connectivity index (χ2n) is 1.84. The molecule has 1 rings (SSSR count). The molecule has 0 saturated heterocycles. The standard InChI is InChI=1S/C5H8N2OS/c6-5(8)4-2-1-3-9-7-4/h1-3H2,(H2,6,8).